The average molecular weight is 444 g/mol. The zero-order valence-corrected chi connectivity index (χ0v) is 18.3. The number of hydrogen-bond acceptors (Lipinski definition) is 5. The molecule has 1 fully saturated rings. The van der Waals surface area contributed by atoms with Gasteiger partial charge in [-0.1, -0.05) is 24.3 Å². The monoisotopic (exact) mass is 443 g/mol. The number of nitrogens with one attached hydrogen (secondary N) is 1. The standard InChI is InChI=1S/C22H25N3O5S/c1-17(26)24-13-15-25(16-14-24)22(27)12-9-18-7-10-19(11-8-18)31(28,29)23-20-5-3-4-6-21(20)30-2/h3-12,23H,13-16H2,1-2H3/b12-9+. The fourth-order valence-electron chi connectivity index (χ4n) is 3.21. The summed E-state index contributed by atoms with van der Waals surface area (Å²) >= 11 is 0. The van der Waals surface area contributed by atoms with Gasteiger partial charge in [-0.05, 0) is 35.9 Å². The van der Waals surface area contributed by atoms with Crippen LogP contribution in [0.2, 0.25) is 0 Å². The molecular formula is C22H25N3O5S. The molecule has 0 atom stereocenters. The summed E-state index contributed by atoms with van der Waals surface area (Å²) in [5.74, 6) is 0.295. The van der Waals surface area contributed by atoms with E-state index in [4.69, 9.17) is 4.74 Å². The number of ether oxygens (including phenoxy) is 1. The van der Waals surface area contributed by atoms with E-state index in [9.17, 15) is 18.0 Å². The lowest BCUT2D eigenvalue weighted by Gasteiger charge is -2.33. The van der Waals surface area contributed by atoms with Crippen LogP contribution in [-0.4, -0.2) is 63.3 Å². The van der Waals surface area contributed by atoms with Gasteiger partial charge in [0, 0.05) is 39.2 Å². The van der Waals surface area contributed by atoms with Gasteiger partial charge >= 0.3 is 0 Å². The molecule has 164 valence electrons. The first-order valence-corrected chi connectivity index (χ1v) is 11.3. The zero-order valence-electron chi connectivity index (χ0n) is 17.4. The molecule has 2 amide bonds. The molecule has 1 heterocycles. The van der Waals surface area contributed by atoms with Gasteiger partial charge in [-0.25, -0.2) is 8.42 Å². The van der Waals surface area contributed by atoms with Gasteiger partial charge in [-0.2, -0.15) is 0 Å². The Morgan fingerprint density at radius 1 is 0.968 bits per heavy atom. The number of piperazine rings is 1. The molecule has 0 aromatic heterocycles. The lowest BCUT2D eigenvalue weighted by atomic mass is 10.2. The average Bonchev–Trinajstić information content (AvgIpc) is 2.78. The second kappa shape index (κ2) is 9.65. The first-order valence-electron chi connectivity index (χ1n) is 9.78. The predicted octanol–water partition coefficient (Wildman–Crippen LogP) is 2.20. The van der Waals surface area contributed by atoms with Crippen LogP contribution < -0.4 is 9.46 Å². The van der Waals surface area contributed by atoms with E-state index in [1.165, 1.54) is 32.2 Å². The molecule has 1 aliphatic heterocycles. The number of carbonyl (C=O) groups excluding carboxylic acids is 2. The number of sulfonamides is 1. The van der Waals surface area contributed by atoms with Crippen molar-refractivity contribution in [3.05, 3.63) is 60.2 Å². The zero-order chi connectivity index (χ0) is 22.4. The molecule has 0 unspecified atom stereocenters. The van der Waals surface area contributed by atoms with Crippen molar-refractivity contribution in [1.29, 1.82) is 0 Å². The van der Waals surface area contributed by atoms with E-state index in [0.29, 0.717) is 43.2 Å². The topological polar surface area (TPSA) is 96.0 Å². The summed E-state index contributed by atoms with van der Waals surface area (Å²) in [6.45, 7) is 3.57. The van der Waals surface area contributed by atoms with Gasteiger partial charge in [-0.15, -0.1) is 0 Å². The SMILES string of the molecule is COc1ccccc1NS(=O)(=O)c1ccc(/C=C/C(=O)N2CCN(C(C)=O)CC2)cc1. The maximum atomic E-state index is 12.7. The van der Waals surface area contributed by atoms with Crippen LogP contribution in [0.25, 0.3) is 6.08 Å². The van der Waals surface area contributed by atoms with Crippen molar-refractivity contribution in [3.8, 4) is 5.75 Å². The van der Waals surface area contributed by atoms with Gasteiger partial charge in [0.25, 0.3) is 10.0 Å². The maximum absolute atomic E-state index is 12.7. The van der Waals surface area contributed by atoms with E-state index in [1.54, 1.807) is 52.3 Å². The third-order valence-electron chi connectivity index (χ3n) is 5.00. The van der Waals surface area contributed by atoms with Gasteiger partial charge in [0.1, 0.15) is 5.75 Å². The molecule has 0 radical (unpaired) electrons. The highest BCUT2D eigenvalue weighted by Gasteiger charge is 2.21. The van der Waals surface area contributed by atoms with E-state index < -0.39 is 10.0 Å². The molecule has 1 N–H and O–H groups in total. The van der Waals surface area contributed by atoms with Crippen molar-refractivity contribution >= 4 is 33.6 Å². The van der Waals surface area contributed by atoms with Gasteiger partial charge < -0.3 is 14.5 Å². The Bertz CT molecular complexity index is 1070. The molecule has 1 saturated heterocycles. The second-order valence-electron chi connectivity index (χ2n) is 7.04. The number of carbonyl (C=O) groups is 2. The number of amides is 2. The molecule has 0 aliphatic carbocycles. The van der Waals surface area contributed by atoms with Crippen molar-refractivity contribution in [1.82, 2.24) is 9.80 Å². The Morgan fingerprint density at radius 3 is 2.19 bits per heavy atom. The van der Waals surface area contributed by atoms with Gasteiger partial charge in [0.15, 0.2) is 0 Å². The van der Waals surface area contributed by atoms with E-state index in [2.05, 4.69) is 4.72 Å². The van der Waals surface area contributed by atoms with E-state index in [1.807, 2.05) is 0 Å². The van der Waals surface area contributed by atoms with E-state index in [0.717, 1.165) is 0 Å². The molecule has 0 bridgehead atoms. The molecule has 9 heteroatoms. The van der Waals surface area contributed by atoms with E-state index in [-0.39, 0.29) is 16.7 Å². The molecule has 2 aromatic rings. The highest BCUT2D eigenvalue weighted by Crippen LogP contribution is 2.26. The van der Waals surface area contributed by atoms with Gasteiger partial charge in [-0.3, -0.25) is 14.3 Å². The van der Waals surface area contributed by atoms with Crippen LogP contribution in [0.5, 0.6) is 5.75 Å². The van der Waals surface area contributed by atoms with Crippen LogP contribution in [0.15, 0.2) is 59.5 Å². The minimum absolute atomic E-state index is 0.0119. The molecule has 0 spiro atoms. The smallest absolute Gasteiger partial charge is 0.262 e. The summed E-state index contributed by atoms with van der Waals surface area (Å²) < 4.78 is 33.0. The lowest BCUT2D eigenvalue weighted by molar-refractivity contribution is -0.135. The fourth-order valence-corrected chi connectivity index (χ4v) is 4.28. The number of hydrogen-bond donors (Lipinski definition) is 1. The summed E-state index contributed by atoms with van der Waals surface area (Å²) in [5.41, 5.74) is 1.05. The van der Waals surface area contributed by atoms with Crippen molar-refractivity contribution in [2.24, 2.45) is 0 Å². The molecular weight excluding hydrogens is 418 g/mol. The first-order chi connectivity index (χ1) is 14.8. The van der Waals surface area contributed by atoms with Crippen LogP contribution in [0.3, 0.4) is 0 Å². The normalized spacial score (nSPS) is 14.5. The van der Waals surface area contributed by atoms with Crippen LogP contribution in [-0.2, 0) is 19.6 Å². The Labute approximate surface area is 182 Å². The summed E-state index contributed by atoms with van der Waals surface area (Å²) in [4.78, 5) is 27.2. The third kappa shape index (κ3) is 5.64. The Morgan fingerprint density at radius 2 is 1.58 bits per heavy atom. The quantitative estimate of drug-likeness (QED) is 0.691. The highest BCUT2D eigenvalue weighted by molar-refractivity contribution is 7.92. The van der Waals surface area contributed by atoms with E-state index >= 15 is 0 Å². The molecule has 31 heavy (non-hydrogen) atoms. The molecule has 8 nitrogen and oxygen atoms in total. The number of rotatable bonds is 6. The summed E-state index contributed by atoms with van der Waals surface area (Å²) in [6.07, 6.45) is 3.10. The molecule has 0 saturated carbocycles. The van der Waals surface area contributed by atoms with Crippen LogP contribution in [0.1, 0.15) is 12.5 Å². The largest absolute Gasteiger partial charge is 0.495 e. The number of nitrogens with zero attached hydrogens (tertiary/aromatic N) is 2. The Hall–Kier alpha value is -3.33. The van der Waals surface area contributed by atoms with Crippen LogP contribution >= 0.6 is 0 Å². The Kier molecular flexibility index (Phi) is 6.96. The minimum Gasteiger partial charge on any atom is -0.495 e. The summed E-state index contributed by atoms with van der Waals surface area (Å²) in [5, 5.41) is 0. The van der Waals surface area contributed by atoms with Crippen LogP contribution in [0.4, 0.5) is 5.69 Å². The second-order valence-corrected chi connectivity index (χ2v) is 8.72. The maximum Gasteiger partial charge on any atom is 0.262 e. The van der Waals surface area contributed by atoms with Gasteiger partial charge in [0.2, 0.25) is 11.8 Å². The molecule has 3 rings (SSSR count). The highest BCUT2D eigenvalue weighted by atomic mass is 32.2. The fraction of sp³-hybridized carbons (Fsp3) is 0.273. The number of anilines is 1. The number of para-hydroxylation sites is 2. The van der Waals surface area contributed by atoms with Gasteiger partial charge in [0.05, 0.1) is 17.7 Å². The first kappa shape index (κ1) is 22.4. The molecule has 1 aliphatic rings. The Balaban J connectivity index is 1.63. The van der Waals surface area contributed by atoms with Crippen molar-refractivity contribution in [3.63, 3.8) is 0 Å². The van der Waals surface area contributed by atoms with Crippen molar-refractivity contribution < 1.29 is 22.7 Å². The minimum atomic E-state index is -3.78. The summed E-state index contributed by atoms with van der Waals surface area (Å²) in [6, 6.07) is 13.0. The number of methoxy groups -OCH3 is 1. The van der Waals surface area contributed by atoms with Crippen molar-refractivity contribution in [2.75, 3.05) is 38.0 Å². The van der Waals surface area contributed by atoms with Crippen molar-refractivity contribution in [2.45, 2.75) is 11.8 Å². The molecule has 2 aromatic carbocycles. The summed E-state index contributed by atoms with van der Waals surface area (Å²) in [7, 11) is -2.31. The number of benzene rings is 2. The predicted molar refractivity (Wildman–Crippen MR) is 118 cm³/mol. The van der Waals surface area contributed by atoms with Crippen LogP contribution in [0, 0.1) is 0 Å². The lowest BCUT2D eigenvalue weighted by Crippen LogP contribution is -2.49. The third-order valence-corrected chi connectivity index (χ3v) is 6.38.